The van der Waals surface area contributed by atoms with Gasteiger partial charge < -0.3 is 24.4 Å². The Hall–Kier alpha value is -2.00. The van der Waals surface area contributed by atoms with Crippen LogP contribution in [0.5, 0.6) is 5.75 Å². The number of guanidine groups is 1. The Morgan fingerprint density at radius 2 is 2.10 bits per heavy atom. The van der Waals surface area contributed by atoms with Crippen LogP contribution in [0.25, 0.3) is 0 Å². The summed E-state index contributed by atoms with van der Waals surface area (Å²) in [5.41, 5.74) is -0.720. The lowest BCUT2D eigenvalue weighted by Gasteiger charge is -2.21. The quantitative estimate of drug-likeness (QED) is 0.360. The molecule has 1 heterocycles. The van der Waals surface area contributed by atoms with Gasteiger partial charge >= 0.3 is 6.18 Å². The fourth-order valence-corrected chi connectivity index (χ4v) is 3.06. The fourth-order valence-electron chi connectivity index (χ4n) is 3.06. The van der Waals surface area contributed by atoms with Crippen LogP contribution in [0.4, 0.5) is 13.2 Å². The highest BCUT2D eigenvalue weighted by Crippen LogP contribution is 2.31. The smallest absolute Gasteiger partial charge is 0.416 e. The average Bonchev–Trinajstić information content (AvgIpc) is 3.16. The molecule has 1 fully saturated rings. The topological polar surface area (TPSA) is 55.3 Å². The van der Waals surface area contributed by atoms with E-state index >= 15 is 0 Å². The largest absolute Gasteiger partial charge is 0.492 e. The van der Waals surface area contributed by atoms with Gasteiger partial charge in [-0.25, -0.2) is 4.99 Å². The molecule has 0 aromatic heterocycles. The van der Waals surface area contributed by atoms with Gasteiger partial charge in [0.15, 0.2) is 5.96 Å². The minimum absolute atomic E-state index is 0.189. The second kappa shape index (κ2) is 11.9. The van der Waals surface area contributed by atoms with Crippen molar-refractivity contribution in [3.8, 4) is 5.75 Å². The number of likely N-dealkylation sites (tertiary alicyclic amines) is 1. The number of halogens is 3. The lowest BCUT2D eigenvalue weighted by atomic mass is 10.1. The predicted octanol–water partition coefficient (Wildman–Crippen LogP) is 3.03. The summed E-state index contributed by atoms with van der Waals surface area (Å²) in [5.74, 6) is 1.42. The monoisotopic (exact) mass is 417 g/mol. The number of nitrogens with one attached hydrogen (secondary N) is 1. The first-order valence-corrected chi connectivity index (χ1v) is 9.84. The number of aliphatic imine (C=N–C) groups is 1. The van der Waals surface area contributed by atoms with Crippen molar-refractivity contribution in [2.75, 3.05) is 59.7 Å². The third-order valence-corrected chi connectivity index (χ3v) is 4.49. The van der Waals surface area contributed by atoms with E-state index in [-0.39, 0.29) is 12.4 Å². The number of nitrogens with zero attached hydrogens (tertiary/aromatic N) is 2. The van der Waals surface area contributed by atoms with Crippen molar-refractivity contribution in [3.05, 3.63) is 29.8 Å². The summed E-state index contributed by atoms with van der Waals surface area (Å²) in [4.78, 5) is 6.73. The highest BCUT2D eigenvalue weighted by Gasteiger charge is 2.30. The maximum Gasteiger partial charge on any atom is 0.416 e. The molecule has 9 heteroatoms. The summed E-state index contributed by atoms with van der Waals surface area (Å²) in [7, 11) is 1.65. The van der Waals surface area contributed by atoms with Crippen LogP contribution in [0.3, 0.4) is 0 Å². The molecular formula is C20H30F3N3O3. The van der Waals surface area contributed by atoms with Crippen molar-refractivity contribution in [1.29, 1.82) is 0 Å². The summed E-state index contributed by atoms with van der Waals surface area (Å²) in [6, 6.07) is 4.88. The summed E-state index contributed by atoms with van der Waals surface area (Å²) < 4.78 is 54.3. The number of benzene rings is 1. The summed E-state index contributed by atoms with van der Waals surface area (Å²) in [6.45, 7) is 6.90. The molecule has 0 spiro atoms. The first-order valence-electron chi connectivity index (χ1n) is 9.84. The lowest BCUT2D eigenvalue weighted by Crippen LogP contribution is -2.40. The second-order valence-electron chi connectivity index (χ2n) is 6.78. The molecule has 1 aromatic carbocycles. The van der Waals surface area contributed by atoms with Crippen molar-refractivity contribution in [2.24, 2.45) is 10.9 Å². The van der Waals surface area contributed by atoms with Crippen LogP contribution in [-0.2, 0) is 15.7 Å². The lowest BCUT2D eigenvalue weighted by molar-refractivity contribution is -0.137. The van der Waals surface area contributed by atoms with Gasteiger partial charge in [-0.3, -0.25) is 0 Å². The van der Waals surface area contributed by atoms with Crippen LogP contribution in [0.2, 0.25) is 0 Å². The van der Waals surface area contributed by atoms with E-state index in [1.807, 2.05) is 6.92 Å². The number of methoxy groups -OCH3 is 1. The SMILES string of the molecule is CCNC(=NCCOc1cccc(C(F)(F)F)c1)N1CCC(COCCOC)C1. The Kier molecular flexibility index (Phi) is 9.53. The molecule has 164 valence electrons. The van der Waals surface area contributed by atoms with Gasteiger partial charge in [0.2, 0.25) is 0 Å². The maximum atomic E-state index is 12.8. The summed E-state index contributed by atoms with van der Waals surface area (Å²) >= 11 is 0. The molecular weight excluding hydrogens is 387 g/mol. The molecule has 1 unspecified atom stereocenters. The van der Waals surface area contributed by atoms with Gasteiger partial charge in [-0.1, -0.05) is 6.07 Å². The molecule has 29 heavy (non-hydrogen) atoms. The van der Waals surface area contributed by atoms with E-state index in [1.165, 1.54) is 12.1 Å². The van der Waals surface area contributed by atoms with Crippen LogP contribution >= 0.6 is 0 Å². The second-order valence-corrected chi connectivity index (χ2v) is 6.78. The molecule has 6 nitrogen and oxygen atoms in total. The maximum absolute atomic E-state index is 12.8. The molecule has 1 N–H and O–H groups in total. The van der Waals surface area contributed by atoms with Gasteiger partial charge in [0.25, 0.3) is 0 Å². The number of rotatable bonds is 10. The minimum atomic E-state index is -4.38. The summed E-state index contributed by atoms with van der Waals surface area (Å²) in [5, 5.41) is 3.26. The fraction of sp³-hybridized carbons (Fsp3) is 0.650. The normalized spacial score (nSPS) is 17.6. The molecule has 1 aliphatic heterocycles. The Bertz CT molecular complexity index is 641. The van der Waals surface area contributed by atoms with E-state index in [2.05, 4.69) is 15.2 Å². The highest BCUT2D eigenvalue weighted by molar-refractivity contribution is 5.80. The summed E-state index contributed by atoms with van der Waals surface area (Å²) in [6.07, 6.45) is -3.35. The van der Waals surface area contributed by atoms with Crippen molar-refractivity contribution >= 4 is 5.96 Å². The molecule has 2 rings (SSSR count). The van der Waals surface area contributed by atoms with E-state index in [0.717, 1.165) is 44.1 Å². The number of alkyl halides is 3. The Morgan fingerprint density at radius 3 is 2.83 bits per heavy atom. The van der Waals surface area contributed by atoms with Crippen LogP contribution in [0.15, 0.2) is 29.3 Å². The van der Waals surface area contributed by atoms with Crippen molar-refractivity contribution in [1.82, 2.24) is 10.2 Å². The van der Waals surface area contributed by atoms with Gasteiger partial charge in [-0.05, 0) is 31.5 Å². The zero-order valence-corrected chi connectivity index (χ0v) is 17.0. The molecule has 0 bridgehead atoms. The van der Waals surface area contributed by atoms with E-state index < -0.39 is 11.7 Å². The minimum Gasteiger partial charge on any atom is -0.492 e. The van der Waals surface area contributed by atoms with Gasteiger partial charge in [0, 0.05) is 32.7 Å². The molecule has 1 aliphatic rings. The molecule has 1 saturated heterocycles. The standard InChI is InChI=1S/C20H30F3N3O3/c1-3-24-19(26-9-7-16(14-26)15-28-12-11-27-2)25-8-10-29-18-6-4-5-17(13-18)20(21,22)23/h4-6,13,16H,3,7-12,14-15H2,1-2H3,(H,24,25). The molecule has 0 amide bonds. The van der Waals surface area contributed by atoms with Gasteiger partial charge in [0.1, 0.15) is 12.4 Å². The van der Waals surface area contributed by atoms with Gasteiger partial charge in [-0.15, -0.1) is 0 Å². The number of ether oxygens (including phenoxy) is 3. The first kappa shape index (κ1) is 23.3. The van der Waals surface area contributed by atoms with Crippen LogP contribution in [0.1, 0.15) is 18.9 Å². The highest BCUT2D eigenvalue weighted by atomic mass is 19.4. The molecule has 0 aliphatic carbocycles. The molecule has 1 atom stereocenters. The van der Waals surface area contributed by atoms with Crippen LogP contribution in [-0.4, -0.2) is 70.6 Å². The average molecular weight is 417 g/mol. The van der Waals surface area contributed by atoms with E-state index in [0.29, 0.717) is 32.3 Å². The van der Waals surface area contributed by atoms with Crippen molar-refractivity contribution < 1.29 is 27.4 Å². The third-order valence-electron chi connectivity index (χ3n) is 4.49. The Morgan fingerprint density at radius 1 is 1.28 bits per heavy atom. The number of hydrogen-bond donors (Lipinski definition) is 1. The van der Waals surface area contributed by atoms with Crippen molar-refractivity contribution in [2.45, 2.75) is 19.5 Å². The van der Waals surface area contributed by atoms with Crippen molar-refractivity contribution in [3.63, 3.8) is 0 Å². The molecule has 0 saturated carbocycles. The zero-order chi connectivity index (χ0) is 21.1. The predicted molar refractivity (Wildman–Crippen MR) is 105 cm³/mol. The van der Waals surface area contributed by atoms with E-state index in [9.17, 15) is 13.2 Å². The zero-order valence-electron chi connectivity index (χ0n) is 17.0. The van der Waals surface area contributed by atoms with Crippen LogP contribution in [0, 0.1) is 5.92 Å². The van der Waals surface area contributed by atoms with Gasteiger partial charge in [-0.2, -0.15) is 13.2 Å². The first-order chi connectivity index (χ1) is 13.9. The van der Waals surface area contributed by atoms with Crippen LogP contribution < -0.4 is 10.1 Å². The van der Waals surface area contributed by atoms with Gasteiger partial charge in [0.05, 0.1) is 31.9 Å². The Labute approximate surface area is 170 Å². The molecule has 1 aromatic rings. The third kappa shape index (κ3) is 8.10. The molecule has 0 radical (unpaired) electrons. The van der Waals surface area contributed by atoms with E-state index in [1.54, 1.807) is 7.11 Å². The van der Waals surface area contributed by atoms with E-state index in [4.69, 9.17) is 14.2 Å². The number of hydrogen-bond acceptors (Lipinski definition) is 4. The Balaban J connectivity index is 1.81.